The fourth-order valence-electron chi connectivity index (χ4n) is 1.60. The minimum Gasteiger partial charge on any atom is -0.357 e. The molecule has 1 aromatic carbocycles. The maximum absolute atomic E-state index is 5.97. The molecule has 18 heavy (non-hydrogen) atoms. The zero-order valence-electron chi connectivity index (χ0n) is 11.1. The topological polar surface area (TPSA) is 27.6 Å². The Morgan fingerprint density at radius 3 is 2.67 bits per heavy atom. The van der Waals surface area contributed by atoms with Gasteiger partial charge in [0.2, 0.25) is 0 Å². The van der Waals surface area contributed by atoms with Crippen molar-refractivity contribution >= 4 is 41.5 Å². The molecule has 0 spiro atoms. The second kappa shape index (κ2) is 9.44. The largest absolute Gasteiger partial charge is 0.357 e. The molecule has 5 heteroatoms. The van der Waals surface area contributed by atoms with Crippen LogP contribution in [0.3, 0.4) is 0 Å². The molecule has 0 atom stereocenters. The number of aliphatic imine (C=N–C) groups is 1. The number of hydrogen-bond acceptors (Lipinski definition) is 1. The molecule has 0 heterocycles. The molecule has 0 radical (unpaired) electrons. The second-order valence-corrected chi connectivity index (χ2v) is 4.25. The summed E-state index contributed by atoms with van der Waals surface area (Å²) in [7, 11) is 2.03. The van der Waals surface area contributed by atoms with Gasteiger partial charge in [-0.25, -0.2) is 0 Å². The van der Waals surface area contributed by atoms with Gasteiger partial charge in [-0.3, -0.25) is 4.99 Å². The Morgan fingerprint density at radius 2 is 2.11 bits per heavy atom. The predicted octanol–water partition coefficient (Wildman–Crippen LogP) is 3.38. The van der Waals surface area contributed by atoms with E-state index in [1.54, 1.807) is 0 Å². The van der Waals surface area contributed by atoms with Gasteiger partial charge in [-0.2, -0.15) is 0 Å². The Morgan fingerprint density at radius 1 is 1.39 bits per heavy atom. The van der Waals surface area contributed by atoms with E-state index < -0.39 is 0 Å². The van der Waals surface area contributed by atoms with E-state index >= 15 is 0 Å². The number of nitrogens with one attached hydrogen (secondary N) is 1. The molecular weight excluding hydrogens is 361 g/mol. The quantitative estimate of drug-likeness (QED) is 0.492. The molecule has 0 aliphatic carbocycles. The predicted molar refractivity (Wildman–Crippen MR) is 90.0 cm³/mol. The normalized spacial score (nSPS) is 10.8. The van der Waals surface area contributed by atoms with Gasteiger partial charge in [-0.05, 0) is 31.5 Å². The van der Waals surface area contributed by atoms with E-state index in [1.807, 2.05) is 32.2 Å². The molecule has 1 rings (SSSR count). The first kappa shape index (κ1) is 17.5. The van der Waals surface area contributed by atoms with Gasteiger partial charge in [-0.15, -0.1) is 24.0 Å². The van der Waals surface area contributed by atoms with Gasteiger partial charge in [0, 0.05) is 31.7 Å². The summed E-state index contributed by atoms with van der Waals surface area (Å²) in [6, 6.07) is 7.90. The van der Waals surface area contributed by atoms with Crippen LogP contribution >= 0.6 is 35.6 Å². The van der Waals surface area contributed by atoms with E-state index in [0.29, 0.717) is 0 Å². The van der Waals surface area contributed by atoms with Crippen LogP contribution in [-0.2, 0) is 6.54 Å². The first-order valence-corrected chi connectivity index (χ1v) is 6.29. The van der Waals surface area contributed by atoms with Crippen molar-refractivity contribution in [3.8, 4) is 0 Å². The number of benzene rings is 1. The number of nitrogens with zero attached hydrogens (tertiary/aromatic N) is 2. The van der Waals surface area contributed by atoms with Gasteiger partial charge in [0.05, 0.1) is 0 Å². The van der Waals surface area contributed by atoms with E-state index in [-0.39, 0.29) is 24.0 Å². The van der Waals surface area contributed by atoms with Crippen LogP contribution in [0.1, 0.15) is 19.4 Å². The highest BCUT2D eigenvalue weighted by Crippen LogP contribution is 2.12. The molecule has 0 saturated heterocycles. The average Bonchev–Trinajstić information content (AvgIpc) is 2.28. The molecule has 1 aromatic rings. The molecule has 0 bridgehead atoms. The standard InChI is InChI=1S/C13H20ClN3.HI/c1-4-15-13(16-5-2)17(3)10-11-7-6-8-12(14)9-11;/h6-9H,4-5,10H2,1-3H3,(H,15,16);1H. The molecule has 0 aliphatic heterocycles. The number of rotatable bonds is 4. The first-order valence-electron chi connectivity index (χ1n) is 5.91. The summed E-state index contributed by atoms with van der Waals surface area (Å²) >= 11 is 5.97. The van der Waals surface area contributed by atoms with Gasteiger partial charge < -0.3 is 10.2 Å². The van der Waals surface area contributed by atoms with Crippen molar-refractivity contribution in [2.45, 2.75) is 20.4 Å². The zero-order chi connectivity index (χ0) is 12.7. The van der Waals surface area contributed by atoms with E-state index in [9.17, 15) is 0 Å². The molecule has 3 nitrogen and oxygen atoms in total. The molecule has 0 aliphatic rings. The van der Waals surface area contributed by atoms with Crippen molar-refractivity contribution in [2.24, 2.45) is 4.99 Å². The van der Waals surface area contributed by atoms with Crippen LogP contribution in [0, 0.1) is 0 Å². The van der Waals surface area contributed by atoms with Gasteiger partial charge in [0.25, 0.3) is 0 Å². The molecule has 0 amide bonds. The molecule has 1 N–H and O–H groups in total. The summed E-state index contributed by atoms with van der Waals surface area (Å²) < 4.78 is 0. The zero-order valence-corrected chi connectivity index (χ0v) is 14.2. The number of guanidine groups is 1. The van der Waals surface area contributed by atoms with Gasteiger partial charge >= 0.3 is 0 Å². The van der Waals surface area contributed by atoms with Crippen LogP contribution in [0.4, 0.5) is 0 Å². The smallest absolute Gasteiger partial charge is 0.193 e. The fourth-order valence-corrected chi connectivity index (χ4v) is 1.82. The summed E-state index contributed by atoms with van der Waals surface area (Å²) in [6.07, 6.45) is 0. The van der Waals surface area contributed by atoms with Crippen LogP contribution in [0.5, 0.6) is 0 Å². The average molecular weight is 382 g/mol. The molecular formula is C13H21ClIN3. The molecule has 0 unspecified atom stereocenters. The maximum Gasteiger partial charge on any atom is 0.193 e. The summed E-state index contributed by atoms with van der Waals surface area (Å²) in [5.74, 6) is 0.926. The second-order valence-electron chi connectivity index (χ2n) is 3.81. The van der Waals surface area contributed by atoms with Gasteiger partial charge in [-0.1, -0.05) is 23.7 Å². The first-order chi connectivity index (χ1) is 8.17. The van der Waals surface area contributed by atoms with Crippen molar-refractivity contribution in [3.05, 3.63) is 34.9 Å². The summed E-state index contributed by atoms with van der Waals surface area (Å²) in [5.41, 5.74) is 1.18. The van der Waals surface area contributed by atoms with E-state index in [4.69, 9.17) is 11.6 Å². The van der Waals surface area contributed by atoms with Crippen LogP contribution < -0.4 is 5.32 Å². The van der Waals surface area contributed by atoms with Crippen LogP contribution in [-0.4, -0.2) is 31.0 Å². The highest BCUT2D eigenvalue weighted by molar-refractivity contribution is 14.0. The Kier molecular flexibility index (Phi) is 9.18. The molecule has 0 fully saturated rings. The maximum atomic E-state index is 5.97. The Hall–Kier alpha value is -0.490. The number of hydrogen-bond donors (Lipinski definition) is 1. The van der Waals surface area contributed by atoms with E-state index in [2.05, 4.69) is 28.2 Å². The lowest BCUT2D eigenvalue weighted by Crippen LogP contribution is -2.38. The third-order valence-electron chi connectivity index (χ3n) is 2.31. The lowest BCUT2D eigenvalue weighted by atomic mass is 10.2. The van der Waals surface area contributed by atoms with Crippen molar-refractivity contribution in [1.29, 1.82) is 0 Å². The monoisotopic (exact) mass is 381 g/mol. The Balaban J connectivity index is 0.00000289. The van der Waals surface area contributed by atoms with Gasteiger partial charge in [0.1, 0.15) is 0 Å². The van der Waals surface area contributed by atoms with Crippen molar-refractivity contribution in [2.75, 3.05) is 20.1 Å². The van der Waals surface area contributed by atoms with Crippen LogP contribution in [0.15, 0.2) is 29.3 Å². The number of halogens is 2. The van der Waals surface area contributed by atoms with Crippen molar-refractivity contribution < 1.29 is 0 Å². The van der Waals surface area contributed by atoms with E-state index in [0.717, 1.165) is 30.6 Å². The van der Waals surface area contributed by atoms with Crippen molar-refractivity contribution in [1.82, 2.24) is 10.2 Å². The molecule has 0 aromatic heterocycles. The Bertz CT molecular complexity index is 382. The minimum atomic E-state index is 0. The third-order valence-corrected chi connectivity index (χ3v) is 2.55. The highest BCUT2D eigenvalue weighted by atomic mass is 127. The summed E-state index contributed by atoms with van der Waals surface area (Å²) in [5, 5.41) is 4.03. The Labute approximate surface area is 132 Å². The molecule has 0 saturated carbocycles. The fraction of sp³-hybridized carbons (Fsp3) is 0.462. The van der Waals surface area contributed by atoms with Crippen LogP contribution in [0.25, 0.3) is 0 Å². The SMILES string of the molecule is CCN=C(NCC)N(C)Cc1cccc(Cl)c1.I. The highest BCUT2D eigenvalue weighted by Gasteiger charge is 2.05. The summed E-state index contributed by atoms with van der Waals surface area (Å²) in [6.45, 7) is 6.55. The third kappa shape index (κ3) is 5.91. The van der Waals surface area contributed by atoms with Crippen LogP contribution in [0.2, 0.25) is 5.02 Å². The van der Waals surface area contributed by atoms with Crippen molar-refractivity contribution in [3.63, 3.8) is 0 Å². The van der Waals surface area contributed by atoms with Gasteiger partial charge in [0.15, 0.2) is 5.96 Å². The summed E-state index contributed by atoms with van der Waals surface area (Å²) in [4.78, 5) is 6.53. The lowest BCUT2D eigenvalue weighted by molar-refractivity contribution is 0.477. The minimum absolute atomic E-state index is 0. The lowest BCUT2D eigenvalue weighted by Gasteiger charge is -2.22. The molecule has 102 valence electrons. The van der Waals surface area contributed by atoms with E-state index in [1.165, 1.54) is 5.56 Å².